The molecule has 0 bridgehead atoms. The zero-order chi connectivity index (χ0) is 16.8. The Labute approximate surface area is 142 Å². The van der Waals surface area contributed by atoms with Gasteiger partial charge >= 0.3 is 0 Å². The molecule has 0 aliphatic rings. The Bertz CT molecular complexity index is 781. The van der Waals surface area contributed by atoms with Crippen molar-refractivity contribution in [1.82, 2.24) is 4.98 Å². The van der Waals surface area contributed by atoms with Crippen LogP contribution in [-0.4, -0.2) is 18.2 Å². The van der Waals surface area contributed by atoms with Gasteiger partial charge in [0.15, 0.2) is 0 Å². The average molecular weight is 323 g/mol. The van der Waals surface area contributed by atoms with Crippen LogP contribution in [0.2, 0.25) is 0 Å². The molecule has 3 aromatic rings. The van der Waals surface area contributed by atoms with Crippen molar-refractivity contribution < 1.29 is 13.9 Å². The van der Waals surface area contributed by atoms with E-state index in [4.69, 9.17) is 13.9 Å². The van der Waals surface area contributed by atoms with Crippen molar-refractivity contribution in [1.29, 1.82) is 0 Å². The second-order valence-electron chi connectivity index (χ2n) is 5.39. The first kappa shape index (κ1) is 16.1. The highest BCUT2D eigenvalue weighted by atomic mass is 16.5. The van der Waals surface area contributed by atoms with Crippen LogP contribution in [0.1, 0.15) is 18.4 Å². The Balaban J connectivity index is 1.61. The third-order valence-corrected chi connectivity index (χ3v) is 3.64. The van der Waals surface area contributed by atoms with Crippen LogP contribution in [0.4, 0.5) is 0 Å². The Morgan fingerprint density at radius 1 is 0.958 bits per heavy atom. The number of benzene rings is 2. The van der Waals surface area contributed by atoms with Crippen molar-refractivity contribution >= 4 is 0 Å². The second-order valence-corrected chi connectivity index (χ2v) is 5.39. The van der Waals surface area contributed by atoms with Crippen LogP contribution in [0.15, 0.2) is 59.0 Å². The zero-order valence-electron chi connectivity index (χ0n) is 14.0. The molecule has 0 saturated heterocycles. The summed E-state index contributed by atoms with van der Waals surface area (Å²) in [5.41, 5.74) is 1.91. The molecular formula is C20H21NO3. The van der Waals surface area contributed by atoms with E-state index in [0.717, 1.165) is 28.5 Å². The van der Waals surface area contributed by atoms with E-state index in [1.54, 1.807) is 0 Å². The number of aryl methyl sites for hydroxylation is 1. The summed E-state index contributed by atoms with van der Waals surface area (Å²) in [6.45, 7) is 5.08. The minimum Gasteiger partial charge on any atom is -0.494 e. The predicted molar refractivity (Wildman–Crippen MR) is 93.5 cm³/mol. The molecule has 0 aliphatic heterocycles. The molecule has 0 atom stereocenters. The minimum atomic E-state index is 0.539. The highest BCUT2D eigenvalue weighted by molar-refractivity contribution is 5.53. The Hall–Kier alpha value is -2.75. The van der Waals surface area contributed by atoms with Crippen LogP contribution in [0.5, 0.6) is 11.5 Å². The summed E-state index contributed by atoms with van der Waals surface area (Å²) in [5.74, 6) is 3.10. The fourth-order valence-electron chi connectivity index (χ4n) is 2.45. The number of rotatable bonds is 7. The van der Waals surface area contributed by atoms with Crippen LogP contribution in [0, 0.1) is 6.92 Å². The van der Waals surface area contributed by atoms with Gasteiger partial charge in [-0.05, 0) is 38.1 Å². The van der Waals surface area contributed by atoms with Crippen LogP contribution < -0.4 is 9.47 Å². The highest BCUT2D eigenvalue weighted by Gasteiger charge is 2.11. The molecule has 4 heteroatoms. The van der Waals surface area contributed by atoms with E-state index in [1.165, 1.54) is 0 Å². The molecule has 0 amide bonds. The van der Waals surface area contributed by atoms with Crippen molar-refractivity contribution in [3.63, 3.8) is 0 Å². The summed E-state index contributed by atoms with van der Waals surface area (Å²) in [6, 6.07) is 17.6. The van der Waals surface area contributed by atoms with Crippen molar-refractivity contribution in [3.05, 3.63) is 66.1 Å². The predicted octanol–water partition coefficient (Wildman–Crippen LogP) is 4.67. The van der Waals surface area contributed by atoms with Gasteiger partial charge in [-0.25, -0.2) is 4.98 Å². The number of nitrogens with zero attached hydrogens (tertiary/aromatic N) is 1. The van der Waals surface area contributed by atoms with Gasteiger partial charge in [-0.15, -0.1) is 0 Å². The molecule has 0 radical (unpaired) electrons. The molecule has 0 saturated carbocycles. The number of aromatic nitrogens is 1. The topological polar surface area (TPSA) is 44.5 Å². The molecule has 0 fully saturated rings. The summed E-state index contributed by atoms with van der Waals surface area (Å²) in [5, 5.41) is 0. The lowest BCUT2D eigenvalue weighted by Crippen LogP contribution is -2.03. The summed E-state index contributed by atoms with van der Waals surface area (Å²) < 4.78 is 17.0. The fourth-order valence-corrected chi connectivity index (χ4v) is 2.45. The highest BCUT2D eigenvalue weighted by Crippen LogP contribution is 2.23. The molecule has 4 nitrogen and oxygen atoms in total. The molecule has 1 heterocycles. The number of oxazole rings is 1. The standard InChI is InChI=1S/C20H21NO3/c1-3-22-17-10-7-11-18(14-17)23-13-12-19-15(2)24-20(21-19)16-8-5-4-6-9-16/h4-11,14H,3,12-13H2,1-2H3. The van der Waals surface area contributed by atoms with Gasteiger partial charge in [0.1, 0.15) is 17.3 Å². The minimum absolute atomic E-state index is 0.539. The van der Waals surface area contributed by atoms with Gasteiger partial charge in [-0.1, -0.05) is 24.3 Å². The van der Waals surface area contributed by atoms with Crippen LogP contribution in [0.25, 0.3) is 11.5 Å². The molecule has 1 aromatic heterocycles. The lowest BCUT2D eigenvalue weighted by Gasteiger charge is -2.07. The quantitative estimate of drug-likeness (QED) is 0.634. The first-order valence-corrected chi connectivity index (χ1v) is 8.13. The smallest absolute Gasteiger partial charge is 0.226 e. The molecule has 2 aromatic carbocycles. The van der Waals surface area contributed by atoms with Gasteiger partial charge < -0.3 is 13.9 Å². The lowest BCUT2D eigenvalue weighted by atomic mass is 10.2. The maximum atomic E-state index is 5.81. The average Bonchev–Trinajstić information content (AvgIpc) is 2.97. The Morgan fingerprint density at radius 3 is 2.46 bits per heavy atom. The summed E-state index contributed by atoms with van der Waals surface area (Å²) in [7, 11) is 0. The van der Waals surface area contributed by atoms with Crippen LogP contribution in [0.3, 0.4) is 0 Å². The van der Waals surface area contributed by atoms with Gasteiger partial charge in [-0.2, -0.15) is 0 Å². The number of ether oxygens (including phenoxy) is 2. The zero-order valence-corrected chi connectivity index (χ0v) is 14.0. The van der Waals surface area contributed by atoms with E-state index in [2.05, 4.69) is 4.98 Å². The normalized spacial score (nSPS) is 10.6. The van der Waals surface area contributed by atoms with E-state index in [1.807, 2.05) is 68.4 Å². The SMILES string of the molecule is CCOc1cccc(OCCc2nc(-c3ccccc3)oc2C)c1. The van der Waals surface area contributed by atoms with E-state index in [9.17, 15) is 0 Å². The third kappa shape index (κ3) is 3.96. The molecule has 0 aliphatic carbocycles. The van der Waals surface area contributed by atoms with E-state index in [-0.39, 0.29) is 0 Å². The van der Waals surface area contributed by atoms with Crippen molar-refractivity contribution in [3.8, 4) is 23.0 Å². The number of hydrogen-bond donors (Lipinski definition) is 0. The monoisotopic (exact) mass is 323 g/mol. The van der Waals surface area contributed by atoms with E-state index in [0.29, 0.717) is 25.5 Å². The summed E-state index contributed by atoms with van der Waals surface area (Å²) >= 11 is 0. The summed E-state index contributed by atoms with van der Waals surface area (Å²) in [4.78, 5) is 4.59. The van der Waals surface area contributed by atoms with Crippen molar-refractivity contribution in [2.75, 3.05) is 13.2 Å². The molecule has 24 heavy (non-hydrogen) atoms. The van der Waals surface area contributed by atoms with Gasteiger partial charge in [0.05, 0.1) is 18.9 Å². The molecule has 0 unspecified atom stereocenters. The van der Waals surface area contributed by atoms with E-state index >= 15 is 0 Å². The number of hydrogen-bond acceptors (Lipinski definition) is 4. The van der Waals surface area contributed by atoms with Crippen molar-refractivity contribution in [2.45, 2.75) is 20.3 Å². The van der Waals surface area contributed by atoms with Gasteiger partial charge in [0.2, 0.25) is 5.89 Å². The molecule has 0 spiro atoms. The van der Waals surface area contributed by atoms with Gasteiger partial charge in [0.25, 0.3) is 0 Å². The maximum absolute atomic E-state index is 5.81. The summed E-state index contributed by atoms with van der Waals surface area (Å²) in [6.07, 6.45) is 0.695. The van der Waals surface area contributed by atoms with Crippen molar-refractivity contribution in [2.24, 2.45) is 0 Å². The van der Waals surface area contributed by atoms with E-state index < -0.39 is 0 Å². The van der Waals surface area contributed by atoms with Crippen LogP contribution >= 0.6 is 0 Å². The lowest BCUT2D eigenvalue weighted by molar-refractivity contribution is 0.311. The second kappa shape index (κ2) is 7.68. The molecular weight excluding hydrogens is 302 g/mol. The molecule has 0 N–H and O–H groups in total. The molecule has 124 valence electrons. The largest absolute Gasteiger partial charge is 0.494 e. The van der Waals surface area contributed by atoms with Crippen LogP contribution in [-0.2, 0) is 6.42 Å². The third-order valence-electron chi connectivity index (χ3n) is 3.64. The maximum Gasteiger partial charge on any atom is 0.226 e. The Kier molecular flexibility index (Phi) is 5.16. The first-order valence-electron chi connectivity index (χ1n) is 8.13. The molecule has 3 rings (SSSR count). The first-order chi connectivity index (χ1) is 11.8. The van der Waals surface area contributed by atoms with Gasteiger partial charge in [-0.3, -0.25) is 0 Å². The van der Waals surface area contributed by atoms with Gasteiger partial charge in [0, 0.05) is 18.1 Å². The Morgan fingerprint density at radius 2 is 1.71 bits per heavy atom. The fraction of sp³-hybridized carbons (Fsp3) is 0.250.